The van der Waals surface area contributed by atoms with Gasteiger partial charge in [-0.1, -0.05) is 12.2 Å². The average molecular weight is 194 g/mol. The van der Waals surface area contributed by atoms with E-state index in [-0.39, 0.29) is 25.0 Å². The van der Waals surface area contributed by atoms with Gasteiger partial charge in [-0.05, 0) is 12.8 Å². The minimum Gasteiger partial charge on any atom is -0.461 e. The molecule has 2 saturated heterocycles. The molecule has 2 heterocycles. The summed E-state index contributed by atoms with van der Waals surface area (Å²) in [4.78, 5) is 22.9. The molecule has 0 aromatic carbocycles. The molecular formula is C10H10O4. The molecular weight excluding hydrogens is 184 g/mol. The number of carbonyl (C=O) groups excluding carboxylic acids is 2. The second kappa shape index (κ2) is 2.19. The summed E-state index contributed by atoms with van der Waals surface area (Å²) in [5.74, 6) is -0.590. The molecule has 2 fully saturated rings. The van der Waals surface area contributed by atoms with Crippen molar-refractivity contribution < 1.29 is 19.1 Å². The zero-order chi connectivity index (χ0) is 9.81. The highest BCUT2D eigenvalue weighted by molar-refractivity contribution is 5.92. The molecule has 0 unspecified atom stereocenters. The van der Waals surface area contributed by atoms with Gasteiger partial charge in [0, 0.05) is 0 Å². The lowest BCUT2D eigenvalue weighted by molar-refractivity contribution is -0.152. The number of ether oxygens (including phenoxy) is 2. The van der Waals surface area contributed by atoms with Gasteiger partial charge in [-0.3, -0.25) is 9.59 Å². The zero-order valence-electron chi connectivity index (χ0n) is 7.62. The first-order valence-electron chi connectivity index (χ1n) is 4.75. The highest BCUT2D eigenvalue weighted by Crippen LogP contribution is 2.55. The minimum absolute atomic E-state index is 0.141. The zero-order valence-corrected chi connectivity index (χ0v) is 7.62. The third-order valence-corrected chi connectivity index (χ3v) is 3.46. The Bertz CT molecular complexity index is 355. The van der Waals surface area contributed by atoms with Gasteiger partial charge in [0.25, 0.3) is 0 Å². The van der Waals surface area contributed by atoms with Gasteiger partial charge in [0.05, 0.1) is 6.42 Å². The lowest BCUT2D eigenvalue weighted by Gasteiger charge is -2.33. The first kappa shape index (κ1) is 8.03. The van der Waals surface area contributed by atoms with Gasteiger partial charge in [-0.2, -0.15) is 0 Å². The number of carbonyl (C=O) groups is 2. The van der Waals surface area contributed by atoms with Crippen LogP contribution >= 0.6 is 0 Å². The van der Waals surface area contributed by atoms with Crippen LogP contribution < -0.4 is 0 Å². The summed E-state index contributed by atoms with van der Waals surface area (Å²) in [5, 5.41) is 0. The van der Waals surface area contributed by atoms with E-state index in [1.54, 1.807) is 6.08 Å². The molecule has 4 heteroatoms. The van der Waals surface area contributed by atoms with Crippen molar-refractivity contribution >= 4 is 11.9 Å². The Balaban J connectivity index is 2.18. The molecule has 0 radical (unpaired) electrons. The van der Waals surface area contributed by atoms with E-state index in [0.29, 0.717) is 6.42 Å². The van der Waals surface area contributed by atoms with Crippen LogP contribution in [0.4, 0.5) is 0 Å². The van der Waals surface area contributed by atoms with Crippen LogP contribution in [0.15, 0.2) is 12.2 Å². The summed E-state index contributed by atoms with van der Waals surface area (Å²) in [7, 11) is 0. The standard InChI is InChI=1S/C10H10O4/c11-7-5-9-3-1-2-4-10(9,14-7)6-13-8(9)12/h1,3H,2,4-6H2/t9-,10+/m0/s1. The van der Waals surface area contributed by atoms with Gasteiger partial charge in [0.2, 0.25) is 0 Å². The van der Waals surface area contributed by atoms with E-state index in [1.807, 2.05) is 6.08 Å². The molecule has 3 rings (SSSR count). The first-order valence-corrected chi connectivity index (χ1v) is 4.75. The smallest absolute Gasteiger partial charge is 0.320 e. The first-order chi connectivity index (χ1) is 6.69. The highest BCUT2D eigenvalue weighted by Gasteiger charge is 2.69. The van der Waals surface area contributed by atoms with Gasteiger partial charge >= 0.3 is 11.9 Å². The lowest BCUT2D eigenvalue weighted by atomic mass is 9.68. The predicted octanol–water partition coefficient (Wildman–Crippen LogP) is 0.565. The SMILES string of the molecule is O=C1C[C@]23C=CCC[C@]2(COC3=O)O1. The summed E-state index contributed by atoms with van der Waals surface area (Å²) < 4.78 is 10.3. The fourth-order valence-corrected chi connectivity index (χ4v) is 2.69. The normalized spacial score (nSPS) is 44.3. The van der Waals surface area contributed by atoms with E-state index >= 15 is 0 Å². The van der Waals surface area contributed by atoms with Crippen molar-refractivity contribution in [2.75, 3.05) is 6.61 Å². The molecule has 2 aliphatic heterocycles. The van der Waals surface area contributed by atoms with Gasteiger partial charge in [-0.25, -0.2) is 0 Å². The van der Waals surface area contributed by atoms with Crippen molar-refractivity contribution in [3.63, 3.8) is 0 Å². The molecule has 0 amide bonds. The van der Waals surface area contributed by atoms with Crippen LogP contribution in [0, 0.1) is 5.41 Å². The molecule has 2 atom stereocenters. The van der Waals surface area contributed by atoms with E-state index in [1.165, 1.54) is 0 Å². The van der Waals surface area contributed by atoms with Gasteiger partial charge in [0.1, 0.15) is 12.0 Å². The Morgan fingerprint density at radius 2 is 2.21 bits per heavy atom. The van der Waals surface area contributed by atoms with Gasteiger partial charge in [-0.15, -0.1) is 0 Å². The largest absolute Gasteiger partial charge is 0.461 e. The van der Waals surface area contributed by atoms with Gasteiger partial charge in [0.15, 0.2) is 5.60 Å². The van der Waals surface area contributed by atoms with Crippen LogP contribution in [0.25, 0.3) is 0 Å². The number of hydrogen-bond donors (Lipinski definition) is 0. The number of rotatable bonds is 0. The van der Waals surface area contributed by atoms with E-state index in [4.69, 9.17) is 9.47 Å². The fourth-order valence-electron chi connectivity index (χ4n) is 2.69. The van der Waals surface area contributed by atoms with Crippen LogP contribution in [0.3, 0.4) is 0 Å². The summed E-state index contributed by atoms with van der Waals surface area (Å²) in [5.41, 5.74) is -1.49. The third kappa shape index (κ3) is 0.669. The molecule has 3 aliphatic rings. The lowest BCUT2D eigenvalue weighted by Crippen LogP contribution is -2.46. The quantitative estimate of drug-likeness (QED) is 0.417. The van der Waals surface area contributed by atoms with Crippen molar-refractivity contribution in [2.45, 2.75) is 24.9 Å². The third-order valence-electron chi connectivity index (χ3n) is 3.46. The molecule has 1 aliphatic carbocycles. The number of hydrogen-bond acceptors (Lipinski definition) is 4. The number of allylic oxidation sites excluding steroid dienone is 1. The second-order valence-corrected chi connectivity index (χ2v) is 4.13. The number of esters is 2. The summed E-state index contributed by atoms with van der Waals surface area (Å²) in [6.07, 6.45) is 5.42. The average Bonchev–Trinajstić information content (AvgIpc) is 2.60. The molecule has 0 spiro atoms. The molecule has 0 N–H and O–H groups in total. The Morgan fingerprint density at radius 3 is 3.00 bits per heavy atom. The Kier molecular flexibility index (Phi) is 1.25. The van der Waals surface area contributed by atoms with Crippen LogP contribution in [-0.4, -0.2) is 24.1 Å². The van der Waals surface area contributed by atoms with Crippen molar-refractivity contribution in [1.82, 2.24) is 0 Å². The van der Waals surface area contributed by atoms with E-state index in [2.05, 4.69) is 0 Å². The summed E-state index contributed by atoms with van der Waals surface area (Å²) in [6, 6.07) is 0. The van der Waals surface area contributed by atoms with Crippen LogP contribution in [0.2, 0.25) is 0 Å². The van der Waals surface area contributed by atoms with Gasteiger partial charge < -0.3 is 9.47 Å². The van der Waals surface area contributed by atoms with Crippen LogP contribution in [-0.2, 0) is 19.1 Å². The maximum Gasteiger partial charge on any atom is 0.320 e. The minimum atomic E-state index is -0.803. The molecule has 0 aromatic rings. The van der Waals surface area contributed by atoms with E-state index in [0.717, 1.165) is 6.42 Å². The fraction of sp³-hybridized carbons (Fsp3) is 0.600. The maximum absolute atomic E-state index is 11.6. The maximum atomic E-state index is 11.6. The van der Waals surface area contributed by atoms with Crippen molar-refractivity contribution in [3.8, 4) is 0 Å². The predicted molar refractivity (Wildman–Crippen MR) is 45.2 cm³/mol. The molecule has 74 valence electrons. The second-order valence-electron chi connectivity index (χ2n) is 4.13. The summed E-state index contributed by atoms with van der Waals surface area (Å²) in [6.45, 7) is 0.224. The van der Waals surface area contributed by atoms with Crippen LogP contribution in [0.1, 0.15) is 19.3 Å². The van der Waals surface area contributed by atoms with Crippen LogP contribution in [0.5, 0.6) is 0 Å². The highest BCUT2D eigenvalue weighted by atomic mass is 16.6. The Labute approximate surface area is 80.9 Å². The molecule has 0 bridgehead atoms. The molecule has 14 heavy (non-hydrogen) atoms. The summed E-state index contributed by atoms with van der Waals surface area (Å²) >= 11 is 0. The van der Waals surface area contributed by atoms with E-state index < -0.39 is 11.0 Å². The molecule has 0 aromatic heterocycles. The molecule has 0 saturated carbocycles. The number of cyclic esters (lactones) is 1. The topological polar surface area (TPSA) is 52.6 Å². The Hall–Kier alpha value is -1.32. The molecule has 4 nitrogen and oxygen atoms in total. The van der Waals surface area contributed by atoms with Crippen molar-refractivity contribution in [3.05, 3.63) is 12.2 Å². The van der Waals surface area contributed by atoms with E-state index in [9.17, 15) is 9.59 Å². The Morgan fingerprint density at radius 1 is 1.36 bits per heavy atom. The van der Waals surface area contributed by atoms with Crippen molar-refractivity contribution in [1.29, 1.82) is 0 Å². The monoisotopic (exact) mass is 194 g/mol. The van der Waals surface area contributed by atoms with Crippen molar-refractivity contribution in [2.24, 2.45) is 5.41 Å².